The van der Waals surface area contributed by atoms with Gasteiger partial charge in [-0.1, -0.05) is 57.9 Å². The van der Waals surface area contributed by atoms with Crippen LogP contribution in [0.25, 0.3) is 0 Å². The predicted octanol–water partition coefficient (Wildman–Crippen LogP) is 9.12. The van der Waals surface area contributed by atoms with Crippen molar-refractivity contribution in [2.24, 2.45) is 11.3 Å². The van der Waals surface area contributed by atoms with Crippen LogP contribution in [-0.2, 0) is 13.1 Å². The number of piperazine rings is 2. The Kier molecular flexibility index (Phi) is 20.1. The number of nitrogens with one attached hydrogen (secondary N) is 6. The largest absolute Gasteiger partial charge is 0.410 e. The highest BCUT2D eigenvalue weighted by Crippen LogP contribution is 2.32. The molecule has 0 radical (unpaired) electrons. The molecular formula is C58H76F4N10O6. The summed E-state index contributed by atoms with van der Waals surface area (Å²) in [7, 11) is 0. The molecule has 2 aliphatic heterocycles. The quantitative estimate of drug-likeness (QED) is 0.0636. The fourth-order valence-corrected chi connectivity index (χ4v) is 8.49. The van der Waals surface area contributed by atoms with Gasteiger partial charge in [0.15, 0.2) is 0 Å². The van der Waals surface area contributed by atoms with Crippen molar-refractivity contribution < 1.29 is 46.3 Å². The Hall–Kier alpha value is -7.06. The van der Waals surface area contributed by atoms with Gasteiger partial charge in [0.25, 0.3) is 23.6 Å². The van der Waals surface area contributed by atoms with Gasteiger partial charge < -0.3 is 41.7 Å². The highest BCUT2D eigenvalue weighted by atomic mass is 19.4. The number of hydrogen-bond acceptors (Lipinski definition) is 8. The lowest BCUT2D eigenvalue weighted by atomic mass is 9.97. The van der Waals surface area contributed by atoms with E-state index in [0.29, 0.717) is 101 Å². The van der Waals surface area contributed by atoms with Crippen LogP contribution in [0.2, 0.25) is 0 Å². The molecule has 3 fully saturated rings. The number of urea groups is 2. The fraction of sp³-hybridized carbons (Fsp3) is 0.483. The van der Waals surface area contributed by atoms with Crippen LogP contribution in [0.15, 0.2) is 91.0 Å². The van der Waals surface area contributed by atoms with Gasteiger partial charge in [-0.3, -0.25) is 29.0 Å². The minimum atomic E-state index is -4.57. The number of amides is 8. The zero-order valence-corrected chi connectivity index (χ0v) is 46.1. The molecule has 6 N–H and O–H groups in total. The van der Waals surface area contributed by atoms with Crippen molar-refractivity contribution in [3.05, 3.63) is 130 Å². The van der Waals surface area contributed by atoms with Crippen LogP contribution in [-0.4, -0.2) is 138 Å². The van der Waals surface area contributed by atoms with E-state index in [9.17, 15) is 46.3 Å². The first kappa shape index (κ1) is 60.2. The molecule has 4 aromatic carbocycles. The molecule has 0 bridgehead atoms. The molecule has 8 amide bonds. The zero-order valence-electron chi connectivity index (χ0n) is 46.1. The lowest BCUT2D eigenvalue weighted by Crippen LogP contribution is -2.54. The Morgan fingerprint density at radius 2 is 1.04 bits per heavy atom. The van der Waals surface area contributed by atoms with E-state index in [1.807, 2.05) is 71.9 Å². The van der Waals surface area contributed by atoms with Crippen molar-refractivity contribution >= 4 is 47.1 Å². The van der Waals surface area contributed by atoms with E-state index in [1.165, 1.54) is 31.0 Å². The summed E-state index contributed by atoms with van der Waals surface area (Å²) in [6.45, 7) is 20.7. The van der Waals surface area contributed by atoms with E-state index in [1.54, 1.807) is 52.3 Å². The SMILES string of the molecule is CC(C)(C)CNC(=O)Nc1ccc(C(=O)N2CCN(Cc3cccc(C(=O)NC(C)(C)C(F)(F)F)c3)CC2)cc1.CC(C)(C)NC(=O)c1cccc(CN2CCN(C(=O)c3ccc(NC(=O)NCCC4CC4)c(F)c3)CC2)c1. The van der Waals surface area contributed by atoms with Crippen LogP contribution in [0.1, 0.15) is 127 Å². The van der Waals surface area contributed by atoms with Gasteiger partial charge in [-0.2, -0.15) is 13.2 Å². The average molecular weight is 1090 g/mol. The predicted molar refractivity (Wildman–Crippen MR) is 294 cm³/mol. The second-order valence-corrected chi connectivity index (χ2v) is 23.1. The Balaban J connectivity index is 0.000000253. The molecule has 78 heavy (non-hydrogen) atoms. The van der Waals surface area contributed by atoms with Gasteiger partial charge in [0, 0.05) is 112 Å². The summed E-state index contributed by atoms with van der Waals surface area (Å²) < 4.78 is 54.1. The molecule has 422 valence electrons. The first-order valence-corrected chi connectivity index (χ1v) is 26.5. The van der Waals surface area contributed by atoms with Crippen LogP contribution in [0.5, 0.6) is 0 Å². The van der Waals surface area contributed by atoms with E-state index in [0.717, 1.165) is 31.4 Å². The van der Waals surface area contributed by atoms with E-state index >= 15 is 0 Å². The van der Waals surface area contributed by atoms with Crippen LogP contribution >= 0.6 is 0 Å². The fourth-order valence-electron chi connectivity index (χ4n) is 8.49. The smallest absolute Gasteiger partial charge is 0.347 e. The molecule has 0 spiro atoms. The normalized spacial score (nSPS) is 15.5. The van der Waals surface area contributed by atoms with E-state index in [-0.39, 0.29) is 51.5 Å². The molecule has 7 rings (SSSR count). The Labute approximate surface area is 455 Å². The summed E-state index contributed by atoms with van der Waals surface area (Å²) in [5, 5.41) is 15.9. The summed E-state index contributed by atoms with van der Waals surface area (Å²) in [5.41, 5.74) is 1.35. The highest BCUT2D eigenvalue weighted by molar-refractivity contribution is 5.97. The molecule has 2 saturated heterocycles. The molecule has 1 aliphatic carbocycles. The van der Waals surface area contributed by atoms with Gasteiger partial charge in [0.1, 0.15) is 11.4 Å². The van der Waals surface area contributed by atoms with Crippen molar-refractivity contribution in [1.82, 2.24) is 40.9 Å². The lowest BCUT2D eigenvalue weighted by molar-refractivity contribution is -0.182. The summed E-state index contributed by atoms with van der Waals surface area (Å²) >= 11 is 0. The van der Waals surface area contributed by atoms with Crippen molar-refractivity contribution in [3.63, 3.8) is 0 Å². The molecule has 1 saturated carbocycles. The number of nitrogens with zero attached hydrogens (tertiary/aromatic N) is 4. The number of carbonyl (C=O) groups is 6. The number of alkyl halides is 3. The number of benzene rings is 4. The number of hydrogen-bond donors (Lipinski definition) is 6. The van der Waals surface area contributed by atoms with Crippen molar-refractivity contribution in [2.75, 3.05) is 76.1 Å². The van der Waals surface area contributed by atoms with Crippen molar-refractivity contribution in [3.8, 4) is 0 Å². The van der Waals surface area contributed by atoms with Crippen LogP contribution < -0.4 is 31.9 Å². The second kappa shape index (κ2) is 26.1. The topological polar surface area (TPSA) is 188 Å². The molecule has 0 aromatic heterocycles. The molecule has 0 atom stereocenters. The molecule has 4 aromatic rings. The van der Waals surface area contributed by atoms with E-state index in [4.69, 9.17) is 0 Å². The Morgan fingerprint density at radius 1 is 0.551 bits per heavy atom. The minimum Gasteiger partial charge on any atom is -0.347 e. The molecule has 3 aliphatic rings. The molecule has 0 unspecified atom stereocenters. The Bertz CT molecular complexity index is 2740. The van der Waals surface area contributed by atoms with Gasteiger partial charge in [0.05, 0.1) is 5.69 Å². The first-order valence-electron chi connectivity index (χ1n) is 26.5. The van der Waals surface area contributed by atoms with Gasteiger partial charge in [0.2, 0.25) is 0 Å². The lowest BCUT2D eigenvalue weighted by Gasteiger charge is -2.35. The standard InChI is InChI=1S/C29H38F3N5O3.C29H38FN5O3/c1-27(2,3)19-33-26(40)34-23-11-9-21(10-12-23)25(39)37-15-13-36(14-16-37)18-20-7-6-8-22(17-20)24(38)35-28(4,5)29(30,31)32;1-29(2,3)33-26(36)22-6-4-5-21(17-22)19-34-13-15-35(16-14-34)27(37)23-9-10-25(24(30)18-23)32-28(38)31-12-11-20-7-8-20/h6-12,17H,13-16,18-19H2,1-5H3,(H,35,38)(H2,33,34,40);4-6,9-10,17-18,20H,7-8,11-16,19H2,1-3H3,(H,33,36)(H2,31,32,38). The van der Waals surface area contributed by atoms with Crippen LogP contribution in [0, 0.1) is 17.2 Å². The van der Waals surface area contributed by atoms with Gasteiger partial charge in [-0.15, -0.1) is 0 Å². The minimum absolute atomic E-state index is 0.0325. The summed E-state index contributed by atoms with van der Waals surface area (Å²) in [4.78, 5) is 82.9. The maximum atomic E-state index is 14.6. The monoisotopic (exact) mass is 1080 g/mol. The van der Waals surface area contributed by atoms with Crippen LogP contribution in [0.4, 0.5) is 38.5 Å². The molecule has 2 heterocycles. The molecule has 16 nitrogen and oxygen atoms in total. The number of rotatable bonds is 15. The average Bonchev–Trinajstić information content (AvgIpc) is 4.20. The number of halogens is 4. The van der Waals surface area contributed by atoms with Gasteiger partial charge in [-0.25, -0.2) is 14.0 Å². The maximum absolute atomic E-state index is 14.6. The van der Waals surface area contributed by atoms with Crippen molar-refractivity contribution in [2.45, 2.75) is 105 Å². The van der Waals surface area contributed by atoms with Crippen molar-refractivity contribution in [1.29, 1.82) is 0 Å². The van der Waals surface area contributed by atoms with E-state index < -0.39 is 29.5 Å². The van der Waals surface area contributed by atoms with Gasteiger partial charge in [-0.05, 0) is 130 Å². The summed E-state index contributed by atoms with van der Waals surface area (Å²) in [6, 6.07) is 24.3. The third kappa shape index (κ3) is 18.8. The zero-order chi connectivity index (χ0) is 57.0. The van der Waals surface area contributed by atoms with E-state index in [2.05, 4.69) is 41.7 Å². The van der Waals surface area contributed by atoms with Crippen LogP contribution in [0.3, 0.4) is 0 Å². The number of anilines is 2. The molecule has 20 heteroatoms. The third-order valence-corrected chi connectivity index (χ3v) is 13.3. The number of carbonyl (C=O) groups excluding carboxylic acids is 6. The second-order valence-electron chi connectivity index (χ2n) is 23.1. The Morgan fingerprint density at radius 3 is 1.51 bits per heavy atom. The maximum Gasteiger partial charge on any atom is 0.410 e. The summed E-state index contributed by atoms with van der Waals surface area (Å²) in [5.74, 6) is -1.15. The first-order chi connectivity index (χ1) is 36.6. The highest BCUT2D eigenvalue weighted by Gasteiger charge is 2.48. The summed E-state index contributed by atoms with van der Waals surface area (Å²) in [6.07, 6.45) is -1.20. The third-order valence-electron chi connectivity index (χ3n) is 13.3. The molecular weight excluding hydrogens is 1010 g/mol. The van der Waals surface area contributed by atoms with Gasteiger partial charge >= 0.3 is 18.2 Å².